The number of anilines is 1. The Balaban J connectivity index is 1.34. The van der Waals surface area contributed by atoms with Crippen LogP contribution in [0.3, 0.4) is 0 Å². The molecule has 1 aliphatic rings. The van der Waals surface area contributed by atoms with Crippen molar-refractivity contribution in [3.05, 3.63) is 60.5 Å². The molecule has 7 nitrogen and oxygen atoms in total. The molecule has 2 aromatic heterocycles. The molecule has 146 valence electrons. The first-order chi connectivity index (χ1) is 13.5. The Hall–Kier alpha value is -2.49. The maximum atomic E-state index is 12.6. The lowest BCUT2D eigenvalue weighted by molar-refractivity contribution is -0.120. The molecule has 0 spiro atoms. The number of carbonyl (C=O) groups excluding carboxylic acids is 1. The predicted molar refractivity (Wildman–Crippen MR) is 108 cm³/mol. The minimum Gasteiger partial charge on any atom is -0.326 e. The Morgan fingerprint density at radius 1 is 1.14 bits per heavy atom. The highest BCUT2D eigenvalue weighted by Crippen LogP contribution is 2.27. The van der Waals surface area contributed by atoms with Crippen LogP contribution in [0, 0.1) is 5.92 Å². The van der Waals surface area contributed by atoms with Crippen molar-refractivity contribution in [2.45, 2.75) is 17.1 Å². The number of hydrogen-bond donors (Lipinski definition) is 1. The Labute approximate surface area is 167 Å². The number of nitrogens with one attached hydrogen (secondary N) is 1. The van der Waals surface area contributed by atoms with E-state index in [1.54, 1.807) is 30.0 Å². The molecule has 1 N–H and O–H groups in total. The highest BCUT2D eigenvalue weighted by atomic mass is 32.2. The van der Waals surface area contributed by atoms with Crippen LogP contribution < -0.4 is 5.32 Å². The van der Waals surface area contributed by atoms with Gasteiger partial charge in [0.2, 0.25) is 5.91 Å². The summed E-state index contributed by atoms with van der Waals surface area (Å²) in [4.78, 5) is 16.6. The van der Waals surface area contributed by atoms with Gasteiger partial charge in [-0.3, -0.25) is 4.79 Å². The average Bonchev–Trinajstić information content (AvgIpc) is 3.43. The smallest absolute Gasteiger partial charge is 0.252 e. The van der Waals surface area contributed by atoms with Crippen LogP contribution in [0.25, 0.3) is 5.69 Å². The molecule has 0 bridgehead atoms. The van der Waals surface area contributed by atoms with Crippen LogP contribution in [0.2, 0.25) is 0 Å². The molecule has 9 heteroatoms. The van der Waals surface area contributed by atoms with E-state index in [0.717, 1.165) is 11.4 Å². The number of carbonyl (C=O) groups is 1. The normalized spacial score (nSPS) is 16.1. The fraction of sp³-hybridized carbons (Fsp3) is 0.263. The SMILES string of the molecule is O=C(Nc1ccc(-n2ccnc2)cc1)C1CCN(S(=O)(=O)c2cccs2)CC1. The highest BCUT2D eigenvalue weighted by molar-refractivity contribution is 7.91. The summed E-state index contributed by atoms with van der Waals surface area (Å²) in [5.41, 5.74) is 1.69. The maximum absolute atomic E-state index is 12.6. The summed E-state index contributed by atoms with van der Waals surface area (Å²) in [6, 6.07) is 10.9. The fourth-order valence-electron chi connectivity index (χ4n) is 3.27. The van der Waals surface area contributed by atoms with Gasteiger partial charge in [0.05, 0.1) is 6.33 Å². The number of aromatic nitrogens is 2. The van der Waals surface area contributed by atoms with E-state index >= 15 is 0 Å². The van der Waals surface area contributed by atoms with Crippen molar-refractivity contribution in [1.29, 1.82) is 0 Å². The van der Waals surface area contributed by atoms with Gasteiger partial charge in [0, 0.05) is 42.8 Å². The molecule has 1 amide bonds. The lowest BCUT2D eigenvalue weighted by atomic mass is 9.97. The Kier molecular flexibility index (Phi) is 5.29. The van der Waals surface area contributed by atoms with Gasteiger partial charge in [-0.1, -0.05) is 6.07 Å². The molecule has 1 fully saturated rings. The fourth-order valence-corrected chi connectivity index (χ4v) is 5.88. The molecule has 3 aromatic rings. The number of imidazole rings is 1. The number of nitrogens with zero attached hydrogens (tertiary/aromatic N) is 3. The minimum atomic E-state index is -3.44. The molecular weight excluding hydrogens is 396 g/mol. The van der Waals surface area contributed by atoms with Gasteiger partial charge in [-0.25, -0.2) is 13.4 Å². The van der Waals surface area contributed by atoms with Gasteiger partial charge in [-0.2, -0.15) is 4.31 Å². The quantitative estimate of drug-likeness (QED) is 0.693. The van der Waals surface area contributed by atoms with Crippen molar-refractivity contribution < 1.29 is 13.2 Å². The van der Waals surface area contributed by atoms with Crippen molar-refractivity contribution >= 4 is 33.0 Å². The van der Waals surface area contributed by atoms with Crippen LogP contribution in [0.15, 0.2) is 64.7 Å². The van der Waals surface area contributed by atoms with E-state index in [1.165, 1.54) is 15.6 Å². The number of benzene rings is 1. The second kappa shape index (κ2) is 7.86. The summed E-state index contributed by atoms with van der Waals surface area (Å²) in [5.74, 6) is -0.258. The van der Waals surface area contributed by atoms with Gasteiger partial charge in [0.25, 0.3) is 10.0 Å². The largest absolute Gasteiger partial charge is 0.326 e. The van der Waals surface area contributed by atoms with E-state index < -0.39 is 10.0 Å². The van der Waals surface area contributed by atoms with Gasteiger partial charge < -0.3 is 9.88 Å². The van der Waals surface area contributed by atoms with E-state index in [1.807, 2.05) is 35.0 Å². The summed E-state index contributed by atoms with van der Waals surface area (Å²) < 4.78 is 28.9. The van der Waals surface area contributed by atoms with Gasteiger partial charge in [0.15, 0.2) is 0 Å². The van der Waals surface area contributed by atoms with Crippen molar-refractivity contribution in [1.82, 2.24) is 13.9 Å². The van der Waals surface area contributed by atoms with E-state index in [2.05, 4.69) is 10.3 Å². The van der Waals surface area contributed by atoms with Crippen LogP contribution in [0.4, 0.5) is 5.69 Å². The molecule has 0 unspecified atom stereocenters. The molecule has 3 heterocycles. The van der Waals surface area contributed by atoms with E-state index in [-0.39, 0.29) is 11.8 Å². The summed E-state index contributed by atoms with van der Waals surface area (Å²) in [6.45, 7) is 0.718. The number of thiophene rings is 1. The second-order valence-corrected chi connectivity index (χ2v) is 9.73. The zero-order valence-electron chi connectivity index (χ0n) is 15.1. The molecule has 1 aliphatic heterocycles. The van der Waals surface area contributed by atoms with Crippen LogP contribution >= 0.6 is 11.3 Å². The summed E-state index contributed by atoms with van der Waals surface area (Å²) in [7, 11) is -3.44. The van der Waals surface area contributed by atoms with Crippen LogP contribution in [0.5, 0.6) is 0 Å². The van der Waals surface area contributed by atoms with Gasteiger partial charge in [-0.05, 0) is 48.6 Å². The standard InChI is InChI=1S/C19H20N4O3S2/c24-19(21-16-3-5-17(6-4-16)22-12-9-20-14-22)15-7-10-23(11-8-15)28(25,26)18-2-1-13-27-18/h1-6,9,12-15H,7-8,10-11H2,(H,21,24). The first-order valence-electron chi connectivity index (χ1n) is 8.97. The number of amides is 1. The molecule has 1 aromatic carbocycles. The molecule has 1 saturated heterocycles. The zero-order chi connectivity index (χ0) is 19.6. The van der Waals surface area contributed by atoms with E-state index in [4.69, 9.17) is 0 Å². The van der Waals surface area contributed by atoms with Crippen LogP contribution in [-0.2, 0) is 14.8 Å². The molecule has 4 rings (SSSR count). The van der Waals surface area contributed by atoms with Gasteiger partial charge in [-0.15, -0.1) is 11.3 Å². The average molecular weight is 417 g/mol. The first-order valence-corrected chi connectivity index (χ1v) is 11.3. The first kappa shape index (κ1) is 18.9. The number of piperidine rings is 1. The van der Waals surface area contributed by atoms with Crippen molar-refractivity contribution in [2.24, 2.45) is 5.92 Å². The lowest BCUT2D eigenvalue weighted by Gasteiger charge is -2.30. The second-order valence-electron chi connectivity index (χ2n) is 6.62. The lowest BCUT2D eigenvalue weighted by Crippen LogP contribution is -2.41. The molecule has 0 atom stereocenters. The predicted octanol–water partition coefficient (Wildman–Crippen LogP) is 2.97. The monoisotopic (exact) mass is 416 g/mol. The Bertz CT molecular complexity index is 1020. The minimum absolute atomic E-state index is 0.0662. The van der Waals surface area contributed by atoms with E-state index in [9.17, 15) is 13.2 Å². The third-order valence-corrected chi connectivity index (χ3v) is 8.12. The van der Waals surface area contributed by atoms with Crippen molar-refractivity contribution in [2.75, 3.05) is 18.4 Å². The highest BCUT2D eigenvalue weighted by Gasteiger charge is 2.32. The van der Waals surface area contributed by atoms with Crippen molar-refractivity contribution in [3.63, 3.8) is 0 Å². The Morgan fingerprint density at radius 3 is 2.50 bits per heavy atom. The molecule has 0 radical (unpaired) electrons. The number of sulfonamides is 1. The summed E-state index contributed by atoms with van der Waals surface area (Å²) >= 11 is 1.22. The van der Waals surface area contributed by atoms with Gasteiger partial charge >= 0.3 is 0 Å². The number of rotatable bonds is 5. The Morgan fingerprint density at radius 2 is 1.89 bits per heavy atom. The molecule has 28 heavy (non-hydrogen) atoms. The van der Waals surface area contributed by atoms with E-state index in [0.29, 0.717) is 30.1 Å². The zero-order valence-corrected chi connectivity index (χ0v) is 16.7. The maximum Gasteiger partial charge on any atom is 0.252 e. The number of hydrogen-bond acceptors (Lipinski definition) is 5. The molecule has 0 saturated carbocycles. The summed E-state index contributed by atoms with van der Waals surface area (Å²) in [6.07, 6.45) is 6.31. The third-order valence-electron chi connectivity index (χ3n) is 4.85. The third kappa shape index (κ3) is 3.87. The van der Waals surface area contributed by atoms with Gasteiger partial charge in [0.1, 0.15) is 4.21 Å². The van der Waals surface area contributed by atoms with Crippen LogP contribution in [-0.4, -0.2) is 41.3 Å². The van der Waals surface area contributed by atoms with Crippen LogP contribution in [0.1, 0.15) is 12.8 Å². The van der Waals surface area contributed by atoms with Crippen molar-refractivity contribution in [3.8, 4) is 5.69 Å². The molecular formula is C19H20N4O3S2. The topological polar surface area (TPSA) is 84.3 Å². The molecule has 0 aliphatic carbocycles. The summed E-state index contributed by atoms with van der Waals surface area (Å²) in [5, 5.41) is 4.69.